The molecule has 124 valence electrons. The van der Waals surface area contributed by atoms with Crippen molar-refractivity contribution in [2.75, 3.05) is 12.3 Å². The lowest BCUT2D eigenvalue weighted by Crippen LogP contribution is -2.33. The van der Waals surface area contributed by atoms with Crippen molar-refractivity contribution >= 4 is 29.0 Å². The summed E-state index contributed by atoms with van der Waals surface area (Å²) in [6.45, 7) is 1.36. The molecule has 3 aromatic rings. The number of aromatic nitrogens is 3. The summed E-state index contributed by atoms with van der Waals surface area (Å²) < 4.78 is 0. The van der Waals surface area contributed by atoms with Gasteiger partial charge >= 0.3 is 0 Å². The fourth-order valence-electron chi connectivity index (χ4n) is 2.28. The third-order valence-corrected chi connectivity index (χ3v) is 5.24. The van der Waals surface area contributed by atoms with Crippen molar-refractivity contribution in [1.82, 2.24) is 20.1 Å². The summed E-state index contributed by atoms with van der Waals surface area (Å²) in [7, 11) is 0. The lowest BCUT2D eigenvalue weighted by Gasteiger charge is -2.22. The summed E-state index contributed by atoms with van der Waals surface area (Å²) >= 11 is 3.06. The molecule has 0 aliphatic carbocycles. The third kappa shape index (κ3) is 4.94. The number of carbonyl (C=O) groups excluding carboxylic acids is 1. The fraction of sp³-hybridized carbons (Fsp3) is 0.235. The van der Waals surface area contributed by atoms with Crippen LogP contribution in [-0.4, -0.2) is 38.3 Å². The number of thiophene rings is 1. The normalized spacial score (nSPS) is 10.7. The standard InChI is InChI=1S/C17H18N4OS2/c22-16(12-24-17-18-13-19-20-17)21(11-15-7-4-10-23-15)9-8-14-5-2-1-3-6-14/h1-7,10,13H,8-9,11-12H2,(H,18,19,20). The van der Waals surface area contributed by atoms with Gasteiger partial charge in [-0.25, -0.2) is 4.98 Å². The number of rotatable bonds is 8. The molecule has 0 aliphatic rings. The first kappa shape index (κ1) is 16.7. The van der Waals surface area contributed by atoms with E-state index in [1.54, 1.807) is 11.3 Å². The van der Waals surface area contributed by atoms with Crippen LogP contribution in [0.15, 0.2) is 59.3 Å². The van der Waals surface area contributed by atoms with Crippen molar-refractivity contribution in [3.05, 3.63) is 64.6 Å². The molecule has 1 aromatic carbocycles. The number of H-pyrrole nitrogens is 1. The van der Waals surface area contributed by atoms with Crippen molar-refractivity contribution in [2.45, 2.75) is 18.1 Å². The van der Waals surface area contributed by atoms with E-state index in [-0.39, 0.29) is 5.91 Å². The second-order valence-electron chi connectivity index (χ2n) is 5.21. The average molecular weight is 358 g/mol. The Hall–Kier alpha value is -2.12. The van der Waals surface area contributed by atoms with Crippen LogP contribution in [0.4, 0.5) is 0 Å². The first-order valence-corrected chi connectivity index (χ1v) is 9.50. The highest BCUT2D eigenvalue weighted by Gasteiger charge is 2.15. The molecule has 0 aliphatic heterocycles. The number of thioether (sulfide) groups is 1. The Morgan fingerprint density at radius 3 is 2.79 bits per heavy atom. The molecule has 0 fully saturated rings. The maximum absolute atomic E-state index is 12.6. The maximum Gasteiger partial charge on any atom is 0.233 e. The van der Waals surface area contributed by atoms with Crippen LogP contribution in [0.2, 0.25) is 0 Å². The number of hydrogen-bond acceptors (Lipinski definition) is 5. The quantitative estimate of drug-likeness (QED) is 0.628. The second-order valence-corrected chi connectivity index (χ2v) is 7.21. The summed E-state index contributed by atoms with van der Waals surface area (Å²) in [4.78, 5) is 19.8. The number of amides is 1. The number of carbonyl (C=O) groups is 1. The number of nitrogens with one attached hydrogen (secondary N) is 1. The minimum absolute atomic E-state index is 0.112. The molecule has 1 amide bonds. The predicted octanol–water partition coefficient (Wildman–Crippen LogP) is 3.23. The van der Waals surface area contributed by atoms with Gasteiger partial charge in [-0.05, 0) is 23.4 Å². The summed E-state index contributed by atoms with van der Waals surface area (Å²) in [6.07, 6.45) is 2.30. The number of benzene rings is 1. The van der Waals surface area contributed by atoms with Crippen LogP contribution in [0.25, 0.3) is 0 Å². The smallest absolute Gasteiger partial charge is 0.233 e. The molecule has 0 radical (unpaired) electrons. The zero-order chi connectivity index (χ0) is 16.6. The molecular weight excluding hydrogens is 340 g/mol. The molecule has 3 rings (SSSR count). The van der Waals surface area contributed by atoms with E-state index < -0.39 is 0 Å². The van der Waals surface area contributed by atoms with E-state index in [1.165, 1.54) is 28.5 Å². The van der Waals surface area contributed by atoms with E-state index in [2.05, 4.69) is 33.4 Å². The second kappa shape index (κ2) is 8.65. The first-order valence-electron chi connectivity index (χ1n) is 7.63. The molecule has 0 saturated carbocycles. The summed E-state index contributed by atoms with van der Waals surface area (Å²) in [5.41, 5.74) is 1.24. The van der Waals surface area contributed by atoms with Crippen LogP contribution in [0.5, 0.6) is 0 Å². The van der Waals surface area contributed by atoms with E-state index in [4.69, 9.17) is 0 Å². The third-order valence-electron chi connectivity index (χ3n) is 3.52. The summed E-state index contributed by atoms with van der Waals surface area (Å²) in [5.74, 6) is 0.468. The first-order chi connectivity index (χ1) is 11.8. The topological polar surface area (TPSA) is 61.9 Å². The molecule has 0 atom stereocenters. The van der Waals surface area contributed by atoms with E-state index in [0.717, 1.165) is 6.42 Å². The van der Waals surface area contributed by atoms with E-state index in [9.17, 15) is 4.79 Å². The Bertz CT molecular complexity index is 729. The molecule has 0 spiro atoms. The lowest BCUT2D eigenvalue weighted by atomic mass is 10.1. The maximum atomic E-state index is 12.6. The highest BCUT2D eigenvalue weighted by atomic mass is 32.2. The molecular formula is C17H18N4OS2. The Morgan fingerprint density at radius 1 is 1.21 bits per heavy atom. The van der Waals surface area contributed by atoms with Gasteiger partial charge in [0.2, 0.25) is 5.91 Å². The van der Waals surface area contributed by atoms with Gasteiger partial charge in [0, 0.05) is 11.4 Å². The number of nitrogens with zero attached hydrogens (tertiary/aromatic N) is 3. The highest BCUT2D eigenvalue weighted by molar-refractivity contribution is 7.99. The van der Waals surface area contributed by atoms with Gasteiger partial charge in [-0.1, -0.05) is 48.2 Å². The minimum Gasteiger partial charge on any atom is -0.336 e. The number of aromatic amines is 1. The van der Waals surface area contributed by atoms with Gasteiger partial charge in [0.15, 0.2) is 5.16 Å². The van der Waals surface area contributed by atoms with Gasteiger partial charge in [0.25, 0.3) is 0 Å². The van der Waals surface area contributed by atoms with Crippen molar-refractivity contribution in [3.63, 3.8) is 0 Å². The van der Waals surface area contributed by atoms with Crippen molar-refractivity contribution in [3.8, 4) is 0 Å². The molecule has 7 heteroatoms. The van der Waals surface area contributed by atoms with Crippen LogP contribution < -0.4 is 0 Å². The van der Waals surface area contributed by atoms with Crippen molar-refractivity contribution < 1.29 is 4.79 Å². The molecule has 5 nitrogen and oxygen atoms in total. The Balaban J connectivity index is 1.60. The van der Waals surface area contributed by atoms with Crippen LogP contribution in [0, 0.1) is 0 Å². The monoisotopic (exact) mass is 358 g/mol. The number of hydrogen-bond donors (Lipinski definition) is 1. The van der Waals surface area contributed by atoms with Gasteiger partial charge in [-0.2, -0.15) is 5.10 Å². The van der Waals surface area contributed by atoms with Gasteiger partial charge in [0.05, 0.1) is 12.3 Å². The van der Waals surface area contributed by atoms with Gasteiger partial charge in [-0.3, -0.25) is 9.89 Å². The SMILES string of the molecule is O=C(CSc1ncn[nH]1)N(CCc1ccccc1)Cc1cccs1. The Kier molecular flexibility index (Phi) is 6.03. The zero-order valence-electron chi connectivity index (χ0n) is 13.1. The summed E-state index contributed by atoms with van der Waals surface area (Å²) in [5, 5.41) is 9.28. The largest absolute Gasteiger partial charge is 0.336 e. The average Bonchev–Trinajstić information content (AvgIpc) is 3.31. The van der Waals surface area contributed by atoms with Crippen LogP contribution in [-0.2, 0) is 17.8 Å². The van der Waals surface area contributed by atoms with Crippen molar-refractivity contribution in [1.29, 1.82) is 0 Å². The molecule has 24 heavy (non-hydrogen) atoms. The van der Waals surface area contributed by atoms with E-state index >= 15 is 0 Å². The molecule has 2 heterocycles. The van der Waals surface area contributed by atoms with Crippen LogP contribution in [0.1, 0.15) is 10.4 Å². The van der Waals surface area contributed by atoms with E-state index in [1.807, 2.05) is 34.5 Å². The predicted molar refractivity (Wildman–Crippen MR) is 97.0 cm³/mol. The molecule has 0 bridgehead atoms. The Morgan fingerprint density at radius 2 is 2.08 bits per heavy atom. The molecule has 1 N–H and O–H groups in total. The molecule has 0 unspecified atom stereocenters. The van der Waals surface area contributed by atoms with Crippen LogP contribution in [0.3, 0.4) is 0 Å². The fourth-order valence-corrected chi connectivity index (χ4v) is 3.68. The Labute approximate surface area is 149 Å². The summed E-state index contributed by atoms with van der Waals surface area (Å²) in [6, 6.07) is 14.3. The van der Waals surface area contributed by atoms with Gasteiger partial charge in [0.1, 0.15) is 6.33 Å². The van der Waals surface area contributed by atoms with E-state index in [0.29, 0.717) is 24.0 Å². The lowest BCUT2D eigenvalue weighted by molar-refractivity contribution is -0.128. The molecule has 2 aromatic heterocycles. The highest BCUT2D eigenvalue weighted by Crippen LogP contribution is 2.16. The van der Waals surface area contributed by atoms with Crippen LogP contribution >= 0.6 is 23.1 Å². The zero-order valence-corrected chi connectivity index (χ0v) is 14.7. The van der Waals surface area contributed by atoms with Crippen molar-refractivity contribution in [2.24, 2.45) is 0 Å². The van der Waals surface area contributed by atoms with Gasteiger partial charge < -0.3 is 4.90 Å². The minimum atomic E-state index is 0.112. The van der Waals surface area contributed by atoms with Gasteiger partial charge in [-0.15, -0.1) is 11.3 Å². The molecule has 0 saturated heterocycles.